The molecule has 0 atom stereocenters. The monoisotopic (exact) mass is 272 g/mol. The van der Waals surface area contributed by atoms with Gasteiger partial charge in [0.25, 0.3) is 0 Å². The summed E-state index contributed by atoms with van der Waals surface area (Å²) in [6, 6.07) is 6.93. The van der Waals surface area contributed by atoms with Gasteiger partial charge in [0.2, 0.25) is 0 Å². The Labute approximate surface area is 116 Å². The number of rotatable bonds is 2. The predicted molar refractivity (Wildman–Crippen MR) is 74.8 cm³/mol. The Morgan fingerprint density at radius 3 is 2.55 bits per heavy atom. The van der Waals surface area contributed by atoms with Crippen LogP contribution in [0.5, 0.6) is 0 Å². The van der Waals surface area contributed by atoms with E-state index in [1.165, 1.54) is 12.7 Å². The molecular formula is C16H16O4. The van der Waals surface area contributed by atoms with Gasteiger partial charge in [-0.25, -0.2) is 9.59 Å². The molecule has 1 heterocycles. The molecule has 20 heavy (non-hydrogen) atoms. The van der Waals surface area contributed by atoms with Gasteiger partial charge in [0.15, 0.2) is 0 Å². The summed E-state index contributed by atoms with van der Waals surface area (Å²) in [4.78, 5) is 23.9. The highest BCUT2D eigenvalue weighted by Crippen LogP contribution is 2.23. The number of fused-ring (bicyclic) bond motifs is 1. The van der Waals surface area contributed by atoms with Gasteiger partial charge in [0.05, 0.1) is 5.39 Å². The summed E-state index contributed by atoms with van der Waals surface area (Å²) in [6.45, 7) is 0. The van der Waals surface area contributed by atoms with Crippen molar-refractivity contribution >= 4 is 16.7 Å². The van der Waals surface area contributed by atoms with Crippen LogP contribution in [-0.4, -0.2) is 12.1 Å². The molecule has 0 spiro atoms. The zero-order valence-electron chi connectivity index (χ0n) is 11.1. The minimum absolute atomic E-state index is 0.0121. The van der Waals surface area contributed by atoms with Crippen molar-refractivity contribution in [2.75, 3.05) is 0 Å². The molecule has 0 aliphatic heterocycles. The molecule has 0 bridgehead atoms. The zero-order chi connectivity index (χ0) is 13.9. The van der Waals surface area contributed by atoms with Crippen molar-refractivity contribution in [2.45, 2.75) is 38.2 Å². The van der Waals surface area contributed by atoms with E-state index in [-0.39, 0.29) is 6.10 Å². The molecule has 1 saturated carbocycles. The summed E-state index contributed by atoms with van der Waals surface area (Å²) < 4.78 is 10.4. The van der Waals surface area contributed by atoms with Gasteiger partial charge in [-0.15, -0.1) is 0 Å². The maximum atomic E-state index is 12.3. The molecule has 104 valence electrons. The second kappa shape index (κ2) is 5.49. The van der Waals surface area contributed by atoms with Crippen molar-refractivity contribution in [1.82, 2.24) is 0 Å². The third kappa shape index (κ3) is 2.46. The highest BCUT2D eigenvalue weighted by Gasteiger charge is 2.21. The Bertz CT molecular complexity index is 680. The van der Waals surface area contributed by atoms with Crippen LogP contribution in [0.4, 0.5) is 0 Å². The van der Waals surface area contributed by atoms with Gasteiger partial charge in [0.1, 0.15) is 17.9 Å². The molecule has 4 heteroatoms. The summed E-state index contributed by atoms with van der Waals surface area (Å²) in [6.07, 6.45) is 6.43. The van der Waals surface area contributed by atoms with E-state index in [1.54, 1.807) is 24.3 Å². The smallest absolute Gasteiger partial charge is 0.343 e. The largest absolute Gasteiger partial charge is 0.459 e. The van der Waals surface area contributed by atoms with Gasteiger partial charge < -0.3 is 9.15 Å². The van der Waals surface area contributed by atoms with Gasteiger partial charge in [-0.2, -0.15) is 0 Å². The van der Waals surface area contributed by atoms with E-state index in [1.807, 2.05) is 0 Å². The number of hydrogen-bond acceptors (Lipinski definition) is 4. The van der Waals surface area contributed by atoms with Crippen LogP contribution in [0, 0.1) is 0 Å². The number of esters is 1. The van der Waals surface area contributed by atoms with E-state index in [2.05, 4.69) is 0 Å². The first kappa shape index (κ1) is 12.9. The van der Waals surface area contributed by atoms with E-state index >= 15 is 0 Å². The quantitative estimate of drug-likeness (QED) is 0.787. The lowest BCUT2D eigenvalue weighted by Crippen LogP contribution is -2.21. The number of carbonyl (C=O) groups excluding carboxylic acids is 1. The Kier molecular flexibility index (Phi) is 3.54. The van der Waals surface area contributed by atoms with Crippen LogP contribution in [-0.2, 0) is 4.74 Å². The first-order valence-corrected chi connectivity index (χ1v) is 6.97. The van der Waals surface area contributed by atoms with E-state index in [9.17, 15) is 9.59 Å². The predicted octanol–water partition coefficient (Wildman–Crippen LogP) is 3.28. The Morgan fingerprint density at radius 1 is 1.10 bits per heavy atom. The third-order valence-corrected chi connectivity index (χ3v) is 3.77. The van der Waals surface area contributed by atoms with Crippen LogP contribution < -0.4 is 5.63 Å². The number of carbonyl (C=O) groups is 1. The Balaban J connectivity index is 1.91. The van der Waals surface area contributed by atoms with Crippen LogP contribution in [0.3, 0.4) is 0 Å². The van der Waals surface area contributed by atoms with Crippen LogP contribution >= 0.6 is 0 Å². The topological polar surface area (TPSA) is 56.5 Å². The summed E-state index contributed by atoms with van der Waals surface area (Å²) in [5.41, 5.74) is -0.111. The minimum atomic E-state index is -0.435. The lowest BCUT2D eigenvalue weighted by Gasteiger charge is -2.21. The summed E-state index contributed by atoms with van der Waals surface area (Å²) in [5.74, 6) is -0.406. The summed E-state index contributed by atoms with van der Waals surface area (Å²) >= 11 is 0. The molecule has 1 aliphatic carbocycles. The van der Waals surface area contributed by atoms with Gasteiger partial charge in [-0.3, -0.25) is 0 Å². The van der Waals surface area contributed by atoms with Crippen molar-refractivity contribution in [3.8, 4) is 0 Å². The molecule has 1 fully saturated rings. The van der Waals surface area contributed by atoms with Crippen molar-refractivity contribution in [2.24, 2.45) is 0 Å². The second-order valence-electron chi connectivity index (χ2n) is 5.15. The van der Waals surface area contributed by atoms with Crippen LogP contribution in [0.2, 0.25) is 0 Å². The standard InChI is InChI=1S/C16H16O4/c17-15-13-9-5-4-8-12(13)14(10-19-15)16(18)20-11-6-2-1-3-7-11/h4-5,8-11H,1-3,6-7H2. The SMILES string of the molecule is O=C(OC1CCCCC1)c1coc(=O)c2ccccc12. The molecule has 3 rings (SSSR count). The first-order valence-electron chi connectivity index (χ1n) is 6.97. The fourth-order valence-electron chi connectivity index (χ4n) is 2.69. The van der Waals surface area contributed by atoms with Gasteiger partial charge in [0, 0.05) is 5.39 Å². The highest BCUT2D eigenvalue weighted by atomic mass is 16.5. The van der Waals surface area contributed by atoms with Gasteiger partial charge in [-0.1, -0.05) is 24.6 Å². The second-order valence-corrected chi connectivity index (χ2v) is 5.15. The van der Waals surface area contributed by atoms with Crippen LogP contribution in [0.15, 0.2) is 39.7 Å². The molecule has 1 aliphatic rings. The lowest BCUT2D eigenvalue weighted by molar-refractivity contribution is 0.0211. The van der Waals surface area contributed by atoms with Gasteiger partial charge in [-0.05, 0) is 31.7 Å². The van der Waals surface area contributed by atoms with Crippen molar-refractivity contribution in [1.29, 1.82) is 0 Å². The third-order valence-electron chi connectivity index (χ3n) is 3.77. The Morgan fingerprint density at radius 2 is 1.80 bits per heavy atom. The van der Waals surface area contributed by atoms with E-state index in [4.69, 9.17) is 9.15 Å². The minimum Gasteiger partial charge on any atom is -0.459 e. The summed E-state index contributed by atoms with van der Waals surface area (Å²) in [7, 11) is 0. The molecule has 2 aromatic rings. The zero-order valence-corrected chi connectivity index (χ0v) is 11.1. The molecule has 0 N–H and O–H groups in total. The van der Waals surface area contributed by atoms with E-state index in [0.717, 1.165) is 25.7 Å². The fraction of sp³-hybridized carbons (Fsp3) is 0.375. The van der Waals surface area contributed by atoms with E-state index in [0.29, 0.717) is 16.3 Å². The molecule has 0 saturated heterocycles. The maximum Gasteiger partial charge on any atom is 0.343 e. The van der Waals surface area contributed by atoms with Crippen LogP contribution in [0.25, 0.3) is 10.8 Å². The number of hydrogen-bond donors (Lipinski definition) is 0. The Hall–Kier alpha value is -2.10. The average Bonchev–Trinajstić information content (AvgIpc) is 2.49. The number of benzene rings is 1. The van der Waals surface area contributed by atoms with Crippen molar-refractivity contribution in [3.05, 3.63) is 46.5 Å². The van der Waals surface area contributed by atoms with E-state index < -0.39 is 11.6 Å². The normalized spacial score (nSPS) is 16.2. The number of ether oxygens (including phenoxy) is 1. The molecule has 1 aromatic heterocycles. The lowest BCUT2D eigenvalue weighted by atomic mass is 9.98. The first-order chi connectivity index (χ1) is 9.75. The molecule has 4 nitrogen and oxygen atoms in total. The van der Waals surface area contributed by atoms with Crippen molar-refractivity contribution in [3.63, 3.8) is 0 Å². The maximum absolute atomic E-state index is 12.3. The highest BCUT2D eigenvalue weighted by molar-refractivity contribution is 6.03. The molecule has 0 radical (unpaired) electrons. The molecule has 0 unspecified atom stereocenters. The fourth-order valence-corrected chi connectivity index (χ4v) is 2.69. The molecule has 1 aromatic carbocycles. The van der Waals surface area contributed by atoms with Crippen LogP contribution in [0.1, 0.15) is 42.5 Å². The molecule has 0 amide bonds. The molecular weight excluding hydrogens is 256 g/mol. The average molecular weight is 272 g/mol. The van der Waals surface area contributed by atoms with Crippen molar-refractivity contribution < 1.29 is 13.9 Å². The van der Waals surface area contributed by atoms with Gasteiger partial charge >= 0.3 is 11.6 Å². The summed E-state index contributed by atoms with van der Waals surface area (Å²) in [5, 5.41) is 0.996.